The third kappa shape index (κ3) is 4.21. The van der Waals surface area contributed by atoms with Crippen molar-refractivity contribution in [1.29, 1.82) is 0 Å². The molecule has 1 atom stereocenters. The van der Waals surface area contributed by atoms with Crippen LogP contribution in [0.2, 0.25) is 5.02 Å². The molecule has 1 aliphatic heterocycles. The normalized spacial score (nSPS) is 17.0. The summed E-state index contributed by atoms with van der Waals surface area (Å²) in [6, 6.07) is 11.1. The summed E-state index contributed by atoms with van der Waals surface area (Å²) in [6.45, 7) is 0.196. The van der Waals surface area contributed by atoms with Gasteiger partial charge in [0.1, 0.15) is 6.04 Å². The van der Waals surface area contributed by atoms with Crippen LogP contribution >= 0.6 is 11.6 Å². The van der Waals surface area contributed by atoms with Crippen LogP contribution in [0.4, 0.5) is 5.69 Å². The summed E-state index contributed by atoms with van der Waals surface area (Å²) in [5.74, 6) is -0.926. The minimum atomic E-state index is -3.86. The van der Waals surface area contributed by atoms with E-state index >= 15 is 0 Å². The molecule has 0 spiro atoms. The van der Waals surface area contributed by atoms with Crippen LogP contribution in [0.15, 0.2) is 53.4 Å². The zero-order valence-electron chi connectivity index (χ0n) is 13.4. The average Bonchev–Trinajstić information content (AvgIpc) is 3.00. The number of sulfonamides is 1. The SMILES string of the molecule is O=C(Nc1ccc(S(=O)(=O)NC2CCOC2=O)cc1)c1ccc(Cl)cc1. The lowest BCUT2D eigenvalue weighted by molar-refractivity contribution is -0.139. The number of rotatable bonds is 5. The van der Waals surface area contributed by atoms with Gasteiger partial charge in [-0.25, -0.2) is 8.42 Å². The van der Waals surface area contributed by atoms with Gasteiger partial charge in [-0.3, -0.25) is 9.59 Å². The minimum Gasteiger partial charge on any atom is -0.464 e. The van der Waals surface area contributed by atoms with Crippen molar-refractivity contribution >= 4 is 39.2 Å². The van der Waals surface area contributed by atoms with E-state index in [0.717, 1.165) is 0 Å². The van der Waals surface area contributed by atoms with E-state index in [1.165, 1.54) is 24.3 Å². The Kier molecular flexibility index (Phi) is 5.26. The molecule has 0 bridgehead atoms. The van der Waals surface area contributed by atoms with E-state index in [2.05, 4.69) is 10.0 Å². The topological polar surface area (TPSA) is 102 Å². The lowest BCUT2D eigenvalue weighted by Crippen LogP contribution is -2.37. The van der Waals surface area contributed by atoms with E-state index in [1.807, 2.05) is 0 Å². The summed E-state index contributed by atoms with van der Waals surface area (Å²) >= 11 is 5.78. The molecule has 1 aliphatic rings. The van der Waals surface area contributed by atoms with Crippen molar-refractivity contribution in [2.45, 2.75) is 17.4 Å². The van der Waals surface area contributed by atoms with Gasteiger partial charge in [0.25, 0.3) is 5.91 Å². The second-order valence-corrected chi connectivity index (χ2v) is 7.77. The number of carbonyl (C=O) groups excluding carboxylic acids is 2. The molecule has 9 heteroatoms. The molecule has 1 amide bonds. The Morgan fingerprint density at radius 2 is 1.73 bits per heavy atom. The van der Waals surface area contributed by atoms with Gasteiger partial charge in [0.15, 0.2) is 0 Å². The molecule has 1 fully saturated rings. The molecule has 0 radical (unpaired) electrons. The zero-order chi connectivity index (χ0) is 18.7. The summed E-state index contributed by atoms with van der Waals surface area (Å²) < 4.78 is 31.7. The molecule has 26 heavy (non-hydrogen) atoms. The maximum Gasteiger partial charge on any atom is 0.324 e. The number of anilines is 1. The second-order valence-electron chi connectivity index (χ2n) is 5.62. The van der Waals surface area contributed by atoms with Gasteiger partial charge in [-0.2, -0.15) is 4.72 Å². The van der Waals surface area contributed by atoms with E-state index < -0.39 is 22.0 Å². The molecule has 7 nitrogen and oxygen atoms in total. The number of benzene rings is 2. The van der Waals surface area contributed by atoms with Crippen molar-refractivity contribution < 1.29 is 22.7 Å². The number of esters is 1. The molecule has 0 aliphatic carbocycles. The smallest absolute Gasteiger partial charge is 0.324 e. The van der Waals surface area contributed by atoms with Gasteiger partial charge in [0.05, 0.1) is 11.5 Å². The highest BCUT2D eigenvalue weighted by molar-refractivity contribution is 7.89. The summed E-state index contributed by atoms with van der Waals surface area (Å²) in [6.07, 6.45) is 0.299. The van der Waals surface area contributed by atoms with Crippen LogP contribution in [-0.4, -0.2) is 32.9 Å². The average molecular weight is 395 g/mol. The van der Waals surface area contributed by atoms with Crippen LogP contribution in [0, 0.1) is 0 Å². The summed E-state index contributed by atoms with van der Waals surface area (Å²) in [4.78, 5) is 23.5. The molecule has 136 valence electrons. The number of nitrogens with one attached hydrogen (secondary N) is 2. The van der Waals surface area contributed by atoms with Gasteiger partial charge in [-0.05, 0) is 48.5 Å². The summed E-state index contributed by atoms with van der Waals surface area (Å²) in [7, 11) is -3.86. The molecule has 0 saturated carbocycles. The number of hydrogen-bond donors (Lipinski definition) is 2. The Hall–Kier alpha value is -2.42. The Bertz CT molecular complexity index is 927. The maximum absolute atomic E-state index is 12.3. The molecule has 2 aromatic rings. The first-order valence-electron chi connectivity index (χ1n) is 7.71. The number of amides is 1. The minimum absolute atomic E-state index is 0.0123. The molecule has 1 heterocycles. The fraction of sp³-hybridized carbons (Fsp3) is 0.176. The van der Waals surface area contributed by atoms with E-state index in [9.17, 15) is 18.0 Å². The molecule has 0 aromatic heterocycles. The van der Waals surface area contributed by atoms with Crippen LogP contribution < -0.4 is 10.0 Å². The zero-order valence-corrected chi connectivity index (χ0v) is 15.0. The van der Waals surface area contributed by atoms with Crippen LogP contribution in [0.1, 0.15) is 16.8 Å². The lowest BCUT2D eigenvalue weighted by Gasteiger charge is -2.11. The van der Waals surface area contributed by atoms with Crippen molar-refractivity contribution in [3.63, 3.8) is 0 Å². The maximum atomic E-state index is 12.3. The lowest BCUT2D eigenvalue weighted by atomic mass is 10.2. The number of ether oxygens (including phenoxy) is 1. The van der Waals surface area contributed by atoms with Crippen LogP contribution in [0.3, 0.4) is 0 Å². The highest BCUT2D eigenvalue weighted by Gasteiger charge is 2.31. The van der Waals surface area contributed by atoms with Gasteiger partial charge in [-0.15, -0.1) is 0 Å². The van der Waals surface area contributed by atoms with Crippen molar-refractivity contribution in [3.05, 3.63) is 59.1 Å². The fourth-order valence-corrected chi connectivity index (χ4v) is 3.73. The van der Waals surface area contributed by atoms with Gasteiger partial charge in [-0.1, -0.05) is 11.6 Å². The third-order valence-electron chi connectivity index (χ3n) is 3.76. The van der Waals surface area contributed by atoms with Crippen LogP contribution in [-0.2, 0) is 19.6 Å². The number of carbonyl (C=O) groups is 2. The fourth-order valence-electron chi connectivity index (χ4n) is 2.38. The Morgan fingerprint density at radius 3 is 2.31 bits per heavy atom. The Morgan fingerprint density at radius 1 is 1.08 bits per heavy atom. The van der Waals surface area contributed by atoms with Crippen LogP contribution in [0.5, 0.6) is 0 Å². The molecular weight excluding hydrogens is 380 g/mol. The Balaban J connectivity index is 1.68. The van der Waals surface area contributed by atoms with Crippen molar-refractivity contribution in [3.8, 4) is 0 Å². The highest BCUT2D eigenvalue weighted by atomic mass is 35.5. The first-order valence-corrected chi connectivity index (χ1v) is 9.57. The van der Waals surface area contributed by atoms with Gasteiger partial charge < -0.3 is 10.1 Å². The van der Waals surface area contributed by atoms with E-state index in [0.29, 0.717) is 22.7 Å². The molecule has 1 saturated heterocycles. The molecule has 2 aromatic carbocycles. The Labute approximate surface area is 155 Å². The van der Waals surface area contributed by atoms with Crippen molar-refractivity contribution in [1.82, 2.24) is 4.72 Å². The van der Waals surface area contributed by atoms with Gasteiger partial charge in [0.2, 0.25) is 10.0 Å². The third-order valence-corrected chi connectivity index (χ3v) is 5.50. The predicted octanol–water partition coefficient (Wildman–Crippen LogP) is 2.19. The van der Waals surface area contributed by atoms with Crippen LogP contribution in [0.25, 0.3) is 0 Å². The predicted molar refractivity (Wildman–Crippen MR) is 95.5 cm³/mol. The van der Waals surface area contributed by atoms with Crippen molar-refractivity contribution in [2.24, 2.45) is 0 Å². The quantitative estimate of drug-likeness (QED) is 0.757. The number of hydrogen-bond acceptors (Lipinski definition) is 5. The molecule has 3 rings (SSSR count). The first kappa shape index (κ1) is 18.4. The largest absolute Gasteiger partial charge is 0.464 e. The van der Waals surface area contributed by atoms with Crippen molar-refractivity contribution in [2.75, 3.05) is 11.9 Å². The van der Waals surface area contributed by atoms with Gasteiger partial charge in [0, 0.05) is 22.7 Å². The van der Waals surface area contributed by atoms with Gasteiger partial charge >= 0.3 is 5.97 Å². The standard InChI is InChI=1S/C17H15ClN2O5S/c18-12-3-1-11(2-4-12)16(21)19-13-5-7-14(8-6-13)26(23,24)20-15-9-10-25-17(15)22/h1-8,15,20H,9-10H2,(H,19,21). The summed E-state index contributed by atoms with van der Waals surface area (Å²) in [5, 5.41) is 3.19. The second kappa shape index (κ2) is 7.45. The first-order chi connectivity index (χ1) is 12.3. The number of cyclic esters (lactones) is 1. The van der Waals surface area contributed by atoms with E-state index in [-0.39, 0.29) is 17.4 Å². The van der Waals surface area contributed by atoms with E-state index in [4.69, 9.17) is 16.3 Å². The van der Waals surface area contributed by atoms with E-state index in [1.54, 1.807) is 24.3 Å². The number of halogens is 1. The summed E-state index contributed by atoms with van der Waals surface area (Å²) in [5.41, 5.74) is 0.858. The molecule has 2 N–H and O–H groups in total. The molecular formula is C17H15ClN2O5S. The highest BCUT2D eigenvalue weighted by Crippen LogP contribution is 2.17. The monoisotopic (exact) mass is 394 g/mol. The molecule has 1 unspecified atom stereocenters.